The molecule has 4 rings (SSSR count). The first-order chi connectivity index (χ1) is 16.8. The predicted molar refractivity (Wildman–Crippen MR) is 135 cm³/mol. The molecule has 1 amide bonds. The Labute approximate surface area is 203 Å². The first-order valence-corrected chi connectivity index (χ1v) is 11.6. The maximum atomic E-state index is 15.2. The van der Waals surface area contributed by atoms with Crippen LogP contribution in [-0.4, -0.2) is 54.4 Å². The van der Waals surface area contributed by atoms with E-state index in [9.17, 15) is 14.4 Å². The highest BCUT2D eigenvalue weighted by molar-refractivity contribution is 6.08. The number of anilines is 1. The number of aromatic nitrogens is 1. The lowest BCUT2D eigenvalue weighted by atomic mass is 10.1. The molecule has 1 saturated heterocycles. The second kappa shape index (κ2) is 10.1. The third-order valence-electron chi connectivity index (χ3n) is 6.36. The number of pyridine rings is 1. The molecule has 7 nitrogen and oxygen atoms in total. The number of ketones is 1. The van der Waals surface area contributed by atoms with Crippen molar-refractivity contribution in [2.24, 2.45) is 0 Å². The van der Waals surface area contributed by atoms with Crippen LogP contribution in [-0.2, 0) is 11.3 Å². The number of allylic oxidation sites excluding steroid dienone is 1. The Morgan fingerprint density at radius 3 is 2.37 bits per heavy atom. The van der Waals surface area contributed by atoms with Crippen LogP contribution in [0.2, 0.25) is 0 Å². The Bertz CT molecular complexity index is 1350. The van der Waals surface area contributed by atoms with E-state index in [2.05, 4.69) is 0 Å². The molecule has 0 N–H and O–H groups in total. The highest BCUT2D eigenvalue weighted by Gasteiger charge is 2.23. The number of hydrogen-bond donors (Lipinski definition) is 0. The van der Waals surface area contributed by atoms with Crippen LogP contribution in [0.1, 0.15) is 29.8 Å². The zero-order valence-electron chi connectivity index (χ0n) is 20.1. The first-order valence-electron chi connectivity index (χ1n) is 11.6. The third-order valence-corrected chi connectivity index (χ3v) is 6.36. The van der Waals surface area contributed by atoms with Gasteiger partial charge in [0.1, 0.15) is 11.6 Å². The maximum Gasteiger partial charge on any atom is 0.219 e. The van der Waals surface area contributed by atoms with Crippen molar-refractivity contribution in [1.82, 2.24) is 9.47 Å². The summed E-state index contributed by atoms with van der Waals surface area (Å²) in [5.74, 6) is -0.260. The smallest absolute Gasteiger partial charge is 0.219 e. The van der Waals surface area contributed by atoms with E-state index in [1.807, 2.05) is 11.8 Å². The monoisotopic (exact) mass is 477 g/mol. The van der Waals surface area contributed by atoms with E-state index in [1.54, 1.807) is 59.2 Å². The molecule has 0 bridgehead atoms. The molecule has 182 valence electrons. The molecule has 0 saturated carbocycles. The standard InChI is InChI=1S/C27H28FN3O4/c1-4-29-17-22(26(33)10-7-19-5-8-20(35-3)9-6-19)27(34)21-15-23(28)25(16-24(21)29)31-13-11-30(12-14-31)18(2)32/h5-10,15-17H,4,11-14H2,1-3H3. The van der Waals surface area contributed by atoms with Crippen LogP contribution in [0, 0.1) is 5.82 Å². The minimum atomic E-state index is -0.521. The quantitative estimate of drug-likeness (QED) is 0.400. The molecule has 1 aliphatic rings. The van der Waals surface area contributed by atoms with Gasteiger partial charge in [-0.15, -0.1) is 0 Å². The van der Waals surface area contributed by atoms with Gasteiger partial charge in [0.2, 0.25) is 11.3 Å². The number of halogens is 1. The van der Waals surface area contributed by atoms with Gasteiger partial charge >= 0.3 is 0 Å². The van der Waals surface area contributed by atoms with E-state index in [4.69, 9.17) is 4.74 Å². The first kappa shape index (κ1) is 24.2. The van der Waals surface area contributed by atoms with E-state index < -0.39 is 17.0 Å². The van der Waals surface area contributed by atoms with Gasteiger partial charge in [-0.1, -0.05) is 18.2 Å². The molecule has 35 heavy (non-hydrogen) atoms. The summed E-state index contributed by atoms with van der Waals surface area (Å²) in [5.41, 5.74) is 1.24. The average Bonchev–Trinajstić information content (AvgIpc) is 2.88. The number of rotatable bonds is 6. The molecular weight excluding hydrogens is 449 g/mol. The summed E-state index contributed by atoms with van der Waals surface area (Å²) in [7, 11) is 1.58. The van der Waals surface area contributed by atoms with Crippen LogP contribution < -0.4 is 15.1 Å². The Morgan fingerprint density at radius 1 is 1.09 bits per heavy atom. The largest absolute Gasteiger partial charge is 0.497 e. The molecule has 2 aromatic carbocycles. The van der Waals surface area contributed by atoms with Crippen molar-refractivity contribution in [2.45, 2.75) is 20.4 Å². The van der Waals surface area contributed by atoms with Gasteiger partial charge in [0, 0.05) is 51.2 Å². The van der Waals surface area contributed by atoms with Gasteiger partial charge in [-0.05, 0) is 42.8 Å². The molecule has 1 aromatic heterocycles. The van der Waals surface area contributed by atoms with Crippen molar-refractivity contribution < 1.29 is 18.7 Å². The van der Waals surface area contributed by atoms with Gasteiger partial charge in [0.15, 0.2) is 5.78 Å². The molecular formula is C27H28FN3O4. The van der Waals surface area contributed by atoms with Crippen LogP contribution in [0.5, 0.6) is 5.75 Å². The summed E-state index contributed by atoms with van der Waals surface area (Å²) in [4.78, 5) is 41.3. The average molecular weight is 478 g/mol. The Kier molecular flexibility index (Phi) is 7.00. The lowest BCUT2D eigenvalue weighted by molar-refractivity contribution is -0.129. The molecule has 0 radical (unpaired) electrons. The van der Waals surface area contributed by atoms with E-state index in [1.165, 1.54) is 19.1 Å². The van der Waals surface area contributed by atoms with Gasteiger partial charge in [-0.3, -0.25) is 14.4 Å². The summed E-state index contributed by atoms with van der Waals surface area (Å²) in [6, 6.07) is 10.1. The fraction of sp³-hybridized carbons (Fsp3) is 0.296. The van der Waals surface area contributed by atoms with E-state index in [0.717, 1.165) is 5.56 Å². The number of carbonyl (C=O) groups is 2. The summed E-state index contributed by atoms with van der Waals surface area (Å²) >= 11 is 0. The fourth-order valence-corrected chi connectivity index (χ4v) is 4.32. The van der Waals surface area contributed by atoms with Crippen LogP contribution in [0.15, 0.2) is 53.5 Å². The number of piperazine rings is 1. The molecule has 2 heterocycles. The number of hydrogen-bond acceptors (Lipinski definition) is 5. The topological polar surface area (TPSA) is 71.8 Å². The van der Waals surface area contributed by atoms with Crippen molar-refractivity contribution in [3.05, 3.63) is 75.8 Å². The van der Waals surface area contributed by atoms with Crippen molar-refractivity contribution >= 4 is 34.4 Å². The van der Waals surface area contributed by atoms with E-state index >= 15 is 4.39 Å². The number of aryl methyl sites for hydroxylation is 1. The number of benzene rings is 2. The minimum Gasteiger partial charge on any atom is -0.497 e. The van der Waals surface area contributed by atoms with Gasteiger partial charge in [-0.25, -0.2) is 4.39 Å². The summed E-state index contributed by atoms with van der Waals surface area (Å²) in [5, 5.41) is 0.166. The van der Waals surface area contributed by atoms with Crippen molar-refractivity contribution in [1.29, 1.82) is 0 Å². The highest BCUT2D eigenvalue weighted by atomic mass is 19.1. The molecule has 0 unspecified atom stereocenters. The lowest BCUT2D eigenvalue weighted by Gasteiger charge is -2.36. The normalized spacial score (nSPS) is 14.1. The van der Waals surface area contributed by atoms with Crippen molar-refractivity contribution in [3.63, 3.8) is 0 Å². The summed E-state index contributed by atoms with van der Waals surface area (Å²) < 4.78 is 22.1. The van der Waals surface area contributed by atoms with Gasteiger partial charge in [0.05, 0.1) is 23.9 Å². The number of amides is 1. The molecule has 1 fully saturated rings. The zero-order chi connectivity index (χ0) is 25.1. The molecule has 0 aliphatic carbocycles. The summed E-state index contributed by atoms with van der Waals surface area (Å²) in [6.07, 6.45) is 4.52. The Balaban J connectivity index is 1.67. The minimum absolute atomic E-state index is 0.00157. The summed E-state index contributed by atoms with van der Waals surface area (Å²) in [6.45, 7) is 5.97. The maximum absolute atomic E-state index is 15.2. The Hall–Kier alpha value is -3.94. The molecule has 8 heteroatoms. The van der Waals surface area contributed by atoms with Crippen LogP contribution in [0.25, 0.3) is 17.0 Å². The fourth-order valence-electron chi connectivity index (χ4n) is 4.32. The molecule has 3 aromatic rings. The predicted octanol–water partition coefficient (Wildman–Crippen LogP) is 3.73. The number of fused-ring (bicyclic) bond motifs is 1. The number of carbonyl (C=O) groups excluding carboxylic acids is 2. The second-order valence-corrected chi connectivity index (χ2v) is 8.44. The molecule has 1 aliphatic heterocycles. The zero-order valence-corrected chi connectivity index (χ0v) is 20.1. The number of ether oxygens (including phenoxy) is 1. The number of methoxy groups -OCH3 is 1. The SMILES string of the molecule is CCn1cc(C(=O)C=Cc2ccc(OC)cc2)c(=O)c2cc(F)c(N3CCN(C(C)=O)CC3)cc21. The van der Waals surface area contributed by atoms with Gasteiger partial charge in [0.25, 0.3) is 0 Å². The lowest BCUT2D eigenvalue weighted by Crippen LogP contribution is -2.48. The number of nitrogens with zero attached hydrogens (tertiary/aromatic N) is 3. The van der Waals surface area contributed by atoms with Crippen molar-refractivity contribution in [3.8, 4) is 5.75 Å². The molecule has 0 atom stereocenters. The molecule has 0 spiro atoms. The van der Waals surface area contributed by atoms with Gasteiger partial charge < -0.3 is 19.1 Å². The third kappa shape index (κ3) is 4.96. The Morgan fingerprint density at radius 2 is 1.77 bits per heavy atom. The van der Waals surface area contributed by atoms with Crippen molar-refractivity contribution in [2.75, 3.05) is 38.2 Å². The van der Waals surface area contributed by atoms with Crippen LogP contribution in [0.4, 0.5) is 10.1 Å². The van der Waals surface area contributed by atoms with Crippen LogP contribution in [0.3, 0.4) is 0 Å². The highest BCUT2D eigenvalue weighted by Crippen LogP contribution is 2.26. The van der Waals surface area contributed by atoms with Crippen LogP contribution >= 0.6 is 0 Å². The van der Waals surface area contributed by atoms with E-state index in [-0.39, 0.29) is 16.9 Å². The van der Waals surface area contributed by atoms with Gasteiger partial charge in [-0.2, -0.15) is 0 Å². The second-order valence-electron chi connectivity index (χ2n) is 8.44. The van der Waals surface area contributed by atoms with E-state index in [0.29, 0.717) is 49.7 Å².